The van der Waals surface area contributed by atoms with Crippen LogP contribution in [0.15, 0.2) is 53.4 Å². The number of aromatic hydroxyl groups is 1. The normalized spacial score (nSPS) is 12.9. The van der Waals surface area contributed by atoms with Gasteiger partial charge < -0.3 is 19.9 Å². The largest absolute Gasteiger partial charge is 0.508 e. The number of sulfone groups is 1. The second-order valence-electron chi connectivity index (χ2n) is 6.81. The zero-order chi connectivity index (χ0) is 20.2. The average Bonchev–Trinajstić information content (AvgIpc) is 2.59. The highest BCUT2D eigenvalue weighted by molar-refractivity contribution is 7.91. The molecule has 2 rings (SSSR count). The van der Waals surface area contributed by atoms with E-state index in [0.717, 1.165) is 0 Å². The minimum absolute atomic E-state index is 0.00622. The van der Waals surface area contributed by atoms with E-state index in [1.165, 1.54) is 37.4 Å². The summed E-state index contributed by atoms with van der Waals surface area (Å²) in [5.41, 5.74) is -0.842. The molecule has 0 aliphatic heterocycles. The second kappa shape index (κ2) is 7.87. The Bertz CT molecular complexity index is 904. The maximum atomic E-state index is 13.2. The third kappa shape index (κ3) is 5.13. The second-order valence-corrected chi connectivity index (χ2v) is 8.84. The number of alkyl carbamates (subject to hydrolysis) is 1. The van der Waals surface area contributed by atoms with Crippen molar-refractivity contribution >= 4 is 15.9 Å². The quantitative estimate of drug-likeness (QED) is 0.807. The molecular weight excluding hydrogens is 370 g/mol. The van der Waals surface area contributed by atoms with Gasteiger partial charge in [-0.05, 0) is 51.1 Å². The van der Waals surface area contributed by atoms with Gasteiger partial charge in [-0.3, -0.25) is 0 Å². The molecule has 2 N–H and O–H groups in total. The Labute approximate surface area is 158 Å². The standard InChI is InChI=1S/C19H23NO6S/c1-19(2,3)26-18(22)20-17(15-12-13(25-4)10-11-16(15)21)27(23,24)14-8-6-5-7-9-14/h5-12,17,21H,1-4H3,(H,20,22). The van der Waals surface area contributed by atoms with E-state index in [1.54, 1.807) is 39.0 Å². The average molecular weight is 393 g/mol. The lowest BCUT2D eigenvalue weighted by molar-refractivity contribution is 0.0519. The summed E-state index contributed by atoms with van der Waals surface area (Å²) < 4.78 is 36.6. The fourth-order valence-electron chi connectivity index (χ4n) is 2.35. The summed E-state index contributed by atoms with van der Waals surface area (Å²) >= 11 is 0. The molecule has 0 saturated heterocycles. The molecular formula is C19H23NO6S. The van der Waals surface area contributed by atoms with Crippen molar-refractivity contribution in [3.63, 3.8) is 0 Å². The fraction of sp³-hybridized carbons (Fsp3) is 0.316. The number of hydrogen-bond acceptors (Lipinski definition) is 6. The number of phenolic OH excluding ortho intramolecular Hbond substituents is 1. The molecule has 0 aromatic heterocycles. The highest BCUT2D eigenvalue weighted by Crippen LogP contribution is 2.35. The van der Waals surface area contributed by atoms with Crippen molar-refractivity contribution in [1.82, 2.24) is 5.32 Å². The van der Waals surface area contributed by atoms with E-state index in [0.29, 0.717) is 5.75 Å². The predicted octanol–water partition coefficient (Wildman–Crippen LogP) is 3.40. The number of hydrogen-bond donors (Lipinski definition) is 2. The van der Waals surface area contributed by atoms with Crippen molar-refractivity contribution in [3.05, 3.63) is 54.1 Å². The maximum absolute atomic E-state index is 13.2. The summed E-state index contributed by atoms with van der Waals surface area (Å²) in [4.78, 5) is 12.3. The first-order valence-corrected chi connectivity index (χ1v) is 9.74. The molecule has 0 saturated carbocycles. The highest BCUT2D eigenvalue weighted by Gasteiger charge is 2.34. The first-order chi connectivity index (χ1) is 12.5. The van der Waals surface area contributed by atoms with Crippen LogP contribution in [0.1, 0.15) is 31.7 Å². The summed E-state index contributed by atoms with van der Waals surface area (Å²) in [5.74, 6) is 0.0402. The van der Waals surface area contributed by atoms with Crippen LogP contribution in [0.25, 0.3) is 0 Å². The number of rotatable bonds is 5. The Kier molecular flexibility index (Phi) is 6.00. The molecule has 1 amide bonds. The van der Waals surface area contributed by atoms with E-state index in [9.17, 15) is 18.3 Å². The van der Waals surface area contributed by atoms with Crippen LogP contribution < -0.4 is 10.1 Å². The van der Waals surface area contributed by atoms with Crippen LogP contribution in [0, 0.1) is 0 Å². The van der Waals surface area contributed by atoms with Gasteiger partial charge in [-0.2, -0.15) is 0 Å². The van der Waals surface area contributed by atoms with Crippen molar-refractivity contribution < 1.29 is 27.8 Å². The number of carbonyl (C=O) groups is 1. The van der Waals surface area contributed by atoms with Crippen LogP contribution in [-0.2, 0) is 14.6 Å². The summed E-state index contributed by atoms with van der Waals surface area (Å²) in [5, 5.41) is 11.0. The van der Waals surface area contributed by atoms with E-state index in [1.807, 2.05) is 0 Å². The Morgan fingerprint density at radius 3 is 2.30 bits per heavy atom. The minimum atomic E-state index is -4.08. The zero-order valence-corrected chi connectivity index (χ0v) is 16.4. The number of phenols is 1. The molecule has 7 nitrogen and oxygen atoms in total. The molecule has 0 aliphatic rings. The fourth-order valence-corrected chi connectivity index (χ4v) is 3.94. The highest BCUT2D eigenvalue weighted by atomic mass is 32.2. The third-order valence-electron chi connectivity index (χ3n) is 3.55. The van der Waals surface area contributed by atoms with Crippen LogP contribution in [-0.4, -0.2) is 32.3 Å². The summed E-state index contributed by atoms with van der Waals surface area (Å²) in [6, 6.07) is 11.8. The van der Waals surface area contributed by atoms with Crippen molar-refractivity contribution in [2.24, 2.45) is 0 Å². The maximum Gasteiger partial charge on any atom is 0.408 e. The van der Waals surface area contributed by atoms with E-state index < -0.39 is 26.9 Å². The Morgan fingerprint density at radius 2 is 1.74 bits per heavy atom. The third-order valence-corrected chi connectivity index (χ3v) is 5.47. The van der Waals surface area contributed by atoms with Gasteiger partial charge in [0.2, 0.25) is 9.84 Å². The molecule has 2 aromatic rings. The van der Waals surface area contributed by atoms with Crippen LogP contribution in [0.4, 0.5) is 4.79 Å². The van der Waals surface area contributed by atoms with E-state index in [4.69, 9.17) is 9.47 Å². The Morgan fingerprint density at radius 1 is 1.11 bits per heavy atom. The van der Waals surface area contributed by atoms with E-state index in [2.05, 4.69) is 5.32 Å². The molecule has 0 aliphatic carbocycles. The molecule has 1 atom stereocenters. The van der Waals surface area contributed by atoms with Crippen molar-refractivity contribution in [1.29, 1.82) is 0 Å². The van der Waals surface area contributed by atoms with Gasteiger partial charge in [-0.1, -0.05) is 18.2 Å². The number of benzene rings is 2. The van der Waals surface area contributed by atoms with E-state index >= 15 is 0 Å². The summed E-state index contributed by atoms with van der Waals surface area (Å²) in [6.45, 7) is 4.99. The molecule has 27 heavy (non-hydrogen) atoms. The molecule has 0 fully saturated rings. The zero-order valence-electron chi connectivity index (χ0n) is 15.6. The summed E-state index contributed by atoms with van der Waals surface area (Å²) in [7, 11) is -2.66. The molecule has 0 radical (unpaired) electrons. The lowest BCUT2D eigenvalue weighted by atomic mass is 10.2. The topological polar surface area (TPSA) is 102 Å². The number of carbonyl (C=O) groups excluding carboxylic acids is 1. The van der Waals surface area contributed by atoms with Gasteiger partial charge in [0.15, 0.2) is 5.37 Å². The van der Waals surface area contributed by atoms with Crippen molar-refractivity contribution in [2.75, 3.05) is 7.11 Å². The van der Waals surface area contributed by atoms with Crippen molar-refractivity contribution in [2.45, 2.75) is 36.6 Å². The number of amides is 1. The van der Waals surface area contributed by atoms with Crippen LogP contribution in [0.3, 0.4) is 0 Å². The lowest BCUT2D eigenvalue weighted by Gasteiger charge is -2.24. The molecule has 0 bridgehead atoms. The first kappa shape index (κ1) is 20.6. The summed E-state index contributed by atoms with van der Waals surface area (Å²) in [6.07, 6.45) is -0.922. The molecule has 146 valence electrons. The molecule has 2 aromatic carbocycles. The lowest BCUT2D eigenvalue weighted by Crippen LogP contribution is -2.38. The van der Waals surface area contributed by atoms with Gasteiger partial charge in [-0.25, -0.2) is 13.2 Å². The number of ether oxygens (including phenoxy) is 2. The first-order valence-electron chi connectivity index (χ1n) is 8.20. The molecule has 0 heterocycles. The van der Waals surface area contributed by atoms with Gasteiger partial charge >= 0.3 is 6.09 Å². The minimum Gasteiger partial charge on any atom is -0.508 e. The molecule has 1 unspecified atom stereocenters. The molecule has 8 heteroatoms. The Balaban J connectivity index is 2.54. The van der Waals surface area contributed by atoms with Gasteiger partial charge in [0, 0.05) is 5.56 Å². The van der Waals surface area contributed by atoms with Gasteiger partial charge in [-0.15, -0.1) is 0 Å². The van der Waals surface area contributed by atoms with Crippen LogP contribution in [0.5, 0.6) is 11.5 Å². The molecule has 0 spiro atoms. The van der Waals surface area contributed by atoms with E-state index in [-0.39, 0.29) is 16.2 Å². The van der Waals surface area contributed by atoms with Gasteiger partial charge in [0.25, 0.3) is 0 Å². The predicted molar refractivity (Wildman–Crippen MR) is 100 cm³/mol. The number of nitrogens with one attached hydrogen (secondary N) is 1. The van der Waals surface area contributed by atoms with Crippen LogP contribution in [0.2, 0.25) is 0 Å². The smallest absolute Gasteiger partial charge is 0.408 e. The Hall–Kier alpha value is -2.74. The monoisotopic (exact) mass is 393 g/mol. The SMILES string of the molecule is COc1ccc(O)c(C(NC(=O)OC(C)(C)C)S(=O)(=O)c2ccccc2)c1. The number of methoxy groups -OCH3 is 1. The van der Waals surface area contributed by atoms with Crippen molar-refractivity contribution in [3.8, 4) is 11.5 Å². The van der Waals surface area contributed by atoms with Gasteiger partial charge in [0.1, 0.15) is 17.1 Å². The van der Waals surface area contributed by atoms with Gasteiger partial charge in [0.05, 0.1) is 12.0 Å². The van der Waals surface area contributed by atoms with Crippen LogP contribution >= 0.6 is 0 Å².